The number of H-pyrrole nitrogens is 1. The van der Waals surface area contributed by atoms with Crippen LogP contribution in [0.1, 0.15) is 10.4 Å². The molecule has 7 nitrogen and oxygen atoms in total. The number of anilines is 1. The van der Waals surface area contributed by atoms with Crippen LogP contribution in [0.15, 0.2) is 65.7 Å². The number of aromatic amines is 1. The van der Waals surface area contributed by atoms with Crippen molar-refractivity contribution in [1.29, 1.82) is 0 Å². The average Bonchev–Trinajstić information content (AvgIpc) is 2.66. The van der Waals surface area contributed by atoms with Crippen LogP contribution in [0.3, 0.4) is 0 Å². The van der Waals surface area contributed by atoms with E-state index in [4.69, 9.17) is 0 Å². The van der Waals surface area contributed by atoms with Crippen LogP contribution in [0.4, 0.5) is 5.95 Å². The van der Waals surface area contributed by atoms with Gasteiger partial charge in [-0.1, -0.05) is 30.3 Å². The Bertz CT molecular complexity index is 894. The number of nitrogens with zero attached hydrogens (tertiary/aromatic N) is 2. The maximum atomic E-state index is 12.2. The van der Waals surface area contributed by atoms with Crippen molar-refractivity contribution in [2.45, 2.75) is 0 Å². The molecule has 126 valence electrons. The molecule has 0 fully saturated rings. The Kier molecular flexibility index (Phi) is 5.16. The van der Waals surface area contributed by atoms with E-state index < -0.39 is 11.5 Å². The van der Waals surface area contributed by atoms with Crippen molar-refractivity contribution < 1.29 is 4.79 Å². The Balaban J connectivity index is 1.58. The summed E-state index contributed by atoms with van der Waals surface area (Å²) >= 11 is 0. The highest BCUT2D eigenvalue weighted by atomic mass is 16.2. The molecule has 0 bridgehead atoms. The van der Waals surface area contributed by atoms with E-state index in [0.717, 1.165) is 5.56 Å². The Labute approximate surface area is 144 Å². The minimum absolute atomic E-state index is 0.0793. The summed E-state index contributed by atoms with van der Waals surface area (Å²) < 4.78 is 0. The summed E-state index contributed by atoms with van der Waals surface area (Å²) in [7, 11) is 0. The number of carbonyl (C=O) groups is 1. The molecule has 1 aromatic carbocycles. The number of rotatable bonds is 6. The van der Waals surface area contributed by atoms with Crippen LogP contribution in [0.25, 0.3) is 11.3 Å². The van der Waals surface area contributed by atoms with Gasteiger partial charge in [-0.25, -0.2) is 9.97 Å². The molecular formula is C18H17N5O2. The number of hydrogen-bond acceptors (Lipinski definition) is 5. The molecule has 2 heterocycles. The van der Waals surface area contributed by atoms with Gasteiger partial charge in [-0.2, -0.15) is 0 Å². The lowest BCUT2D eigenvalue weighted by molar-refractivity contribution is 0.0953. The zero-order valence-corrected chi connectivity index (χ0v) is 13.4. The molecule has 0 aliphatic heterocycles. The fourth-order valence-electron chi connectivity index (χ4n) is 2.27. The second kappa shape index (κ2) is 7.87. The van der Waals surface area contributed by atoms with E-state index in [1.54, 1.807) is 24.5 Å². The van der Waals surface area contributed by atoms with Crippen molar-refractivity contribution in [3.05, 3.63) is 76.8 Å². The predicted octanol–water partition coefficient (Wildman–Crippen LogP) is 1.67. The summed E-state index contributed by atoms with van der Waals surface area (Å²) in [6.07, 6.45) is 3.25. The van der Waals surface area contributed by atoms with E-state index >= 15 is 0 Å². The van der Waals surface area contributed by atoms with Gasteiger partial charge in [0.25, 0.3) is 11.5 Å². The molecule has 1 amide bonds. The van der Waals surface area contributed by atoms with Gasteiger partial charge >= 0.3 is 0 Å². The molecule has 0 atom stereocenters. The van der Waals surface area contributed by atoms with E-state index in [0.29, 0.717) is 24.7 Å². The summed E-state index contributed by atoms with van der Waals surface area (Å²) in [5.41, 5.74) is 1.22. The molecule has 7 heteroatoms. The van der Waals surface area contributed by atoms with Gasteiger partial charge in [-0.3, -0.25) is 9.59 Å². The molecule has 0 saturated heterocycles. The summed E-state index contributed by atoms with van der Waals surface area (Å²) in [4.78, 5) is 35.1. The van der Waals surface area contributed by atoms with Crippen LogP contribution in [0.2, 0.25) is 0 Å². The first-order valence-corrected chi connectivity index (χ1v) is 7.82. The molecular weight excluding hydrogens is 318 g/mol. The van der Waals surface area contributed by atoms with Crippen molar-refractivity contribution in [2.24, 2.45) is 0 Å². The van der Waals surface area contributed by atoms with Gasteiger partial charge < -0.3 is 15.6 Å². The highest BCUT2D eigenvalue weighted by Gasteiger charge is 2.10. The minimum Gasteiger partial charge on any atom is -0.352 e. The molecule has 3 aromatic rings. The second-order valence-electron chi connectivity index (χ2n) is 5.24. The number of pyridine rings is 1. The van der Waals surface area contributed by atoms with Crippen molar-refractivity contribution in [3.8, 4) is 11.3 Å². The highest BCUT2D eigenvalue weighted by molar-refractivity contribution is 5.94. The van der Waals surface area contributed by atoms with Crippen molar-refractivity contribution in [1.82, 2.24) is 20.3 Å². The molecule has 0 spiro atoms. The normalized spacial score (nSPS) is 10.2. The number of amides is 1. The van der Waals surface area contributed by atoms with E-state index in [2.05, 4.69) is 25.6 Å². The maximum Gasteiger partial charge on any atom is 0.261 e. The van der Waals surface area contributed by atoms with Crippen LogP contribution in [-0.4, -0.2) is 33.9 Å². The minimum atomic E-state index is -0.420. The van der Waals surface area contributed by atoms with Gasteiger partial charge in [-0.05, 0) is 23.8 Å². The topological polar surface area (TPSA) is 99.8 Å². The first-order valence-electron chi connectivity index (χ1n) is 7.82. The van der Waals surface area contributed by atoms with E-state index in [1.807, 2.05) is 30.3 Å². The quantitative estimate of drug-likeness (QED) is 0.595. The lowest BCUT2D eigenvalue weighted by atomic mass is 10.1. The Morgan fingerprint density at radius 1 is 0.960 bits per heavy atom. The molecule has 0 unspecified atom stereocenters. The molecule has 0 aliphatic rings. The van der Waals surface area contributed by atoms with Crippen LogP contribution >= 0.6 is 0 Å². The molecule has 0 aliphatic carbocycles. The summed E-state index contributed by atoms with van der Waals surface area (Å²) in [6, 6.07) is 14.4. The zero-order valence-electron chi connectivity index (χ0n) is 13.4. The molecule has 0 radical (unpaired) electrons. The maximum absolute atomic E-state index is 12.2. The fourth-order valence-corrected chi connectivity index (χ4v) is 2.27. The van der Waals surface area contributed by atoms with E-state index in [1.165, 1.54) is 6.07 Å². The Morgan fingerprint density at radius 3 is 2.44 bits per heavy atom. The summed E-state index contributed by atoms with van der Waals surface area (Å²) in [5.74, 6) is 0.0680. The second-order valence-corrected chi connectivity index (χ2v) is 5.24. The third-order valence-corrected chi connectivity index (χ3v) is 3.50. The average molecular weight is 335 g/mol. The van der Waals surface area contributed by atoms with E-state index in [-0.39, 0.29) is 5.56 Å². The van der Waals surface area contributed by atoms with Crippen molar-refractivity contribution in [3.63, 3.8) is 0 Å². The van der Waals surface area contributed by atoms with Gasteiger partial charge in [0.1, 0.15) is 5.56 Å². The largest absolute Gasteiger partial charge is 0.352 e. The molecule has 3 rings (SSSR count). The van der Waals surface area contributed by atoms with Crippen LogP contribution in [0.5, 0.6) is 0 Å². The number of aromatic nitrogens is 3. The first kappa shape index (κ1) is 16.4. The lowest BCUT2D eigenvalue weighted by Crippen LogP contribution is -2.33. The fraction of sp³-hybridized carbons (Fsp3) is 0.111. The summed E-state index contributed by atoms with van der Waals surface area (Å²) in [5, 5.41) is 5.67. The lowest BCUT2D eigenvalue weighted by Gasteiger charge is -2.07. The number of carbonyl (C=O) groups excluding carboxylic acids is 1. The number of hydrogen-bond donors (Lipinski definition) is 3. The standard InChI is InChI=1S/C18H17N5O2/c24-16(19-11-12-22-18-20-9-4-10-21-18)14-7-8-15(23-17(14)25)13-5-2-1-3-6-13/h1-10H,11-12H2,(H,19,24)(H,23,25)(H,20,21,22). The first-order chi connectivity index (χ1) is 12.2. The van der Waals surface area contributed by atoms with Gasteiger partial charge in [0.15, 0.2) is 0 Å². The SMILES string of the molecule is O=C(NCCNc1ncccn1)c1ccc(-c2ccccc2)[nH]c1=O. The van der Waals surface area contributed by atoms with Crippen LogP contribution in [-0.2, 0) is 0 Å². The van der Waals surface area contributed by atoms with Gasteiger partial charge in [0, 0.05) is 31.2 Å². The monoisotopic (exact) mass is 335 g/mol. The highest BCUT2D eigenvalue weighted by Crippen LogP contribution is 2.14. The van der Waals surface area contributed by atoms with Gasteiger partial charge in [-0.15, -0.1) is 0 Å². The third kappa shape index (κ3) is 4.29. The van der Waals surface area contributed by atoms with Crippen molar-refractivity contribution >= 4 is 11.9 Å². The van der Waals surface area contributed by atoms with Gasteiger partial charge in [0.05, 0.1) is 0 Å². The summed E-state index contributed by atoms with van der Waals surface area (Å²) in [6.45, 7) is 0.798. The van der Waals surface area contributed by atoms with Gasteiger partial charge in [0.2, 0.25) is 5.95 Å². The number of nitrogens with one attached hydrogen (secondary N) is 3. The smallest absolute Gasteiger partial charge is 0.261 e. The molecule has 3 N–H and O–H groups in total. The Hall–Kier alpha value is -3.48. The molecule has 25 heavy (non-hydrogen) atoms. The van der Waals surface area contributed by atoms with Crippen LogP contribution in [0, 0.1) is 0 Å². The van der Waals surface area contributed by atoms with E-state index in [9.17, 15) is 9.59 Å². The van der Waals surface area contributed by atoms with Crippen molar-refractivity contribution in [2.75, 3.05) is 18.4 Å². The zero-order chi connectivity index (χ0) is 17.5. The molecule has 0 saturated carbocycles. The molecule has 2 aromatic heterocycles. The predicted molar refractivity (Wildman–Crippen MR) is 95.4 cm³/mol. The number of benzene rings is 1. The Morgan fingerprint density at radius 2 is 1.72 bits per heavy atom. The van der Waals surface area contributed by atoms with Crippen LogP contribution < -0.4 is 16.2 Å². The third-order valence-electron chi connectivity index (χ3n) is 3.50.